The monoisotopic (exact) mass is 414 g/mol. The zero-order valence-electron chi connectivity index (χ0n) is 14.0. The Morgan fingerprint density at radius 1 is 1.23 bits per heavy atom. The Kier molecular flexibility index (Phi) is 5.05. The molecule has 3 rings (SSSR count). The maximum absolute atomic E-state index is 12.6. The highest BCUT2D eigenvalue weighted by Crippen LogP contribution is 2.37. The van der Waals surface area contributed by atoms with Crippen molar-refractivity contribution in [3.63, 3.8) is 0 Å². The molecule has 0 aliphatic carbocycles. The molecule has 1 aliphatic rings. The number of nitrogens with one attached hydrogen (secondary N) is 1. The number of hydrogen-bond acceptors (Lipinski definition) is 4. The standard InChI is InChI=1S/C17H16Cl2N2O4S/c1-10-3-5-12(8-13(10)19)20-17(22)16-9-21(26(2,23)24)14-7-11(18)4-6-15(14)25-16/h3-8,16H,9H2,1-2H3,(H,20,22). The van der Waals surface area contributed by atoms with Crippen LogP contribution in [0.1, 0.15) is 5.56 Å². The van der Waals surface area contributed by atoms with Crippen molar-refractivity contribution >= 4 is 50.5 Å². The molecule has 2 aromatic rings. The average Bonchev–Trinajstić information content (AvgIpc) is 2.56. The number of carbonyl (C=O) groups is 1. The fourth-order valence-electron chi connectivity index (χ4n) is 2.57. The maximum Gasteiger partial charge on any atom is 0.267 e. The molecule has 0 saturated heterocycles. The Balaban J connectivity index is 1.88. The van der Waals surface area contributed by atoms with Gasteiger partial charge in [-0.05, 0) is 42.8 Å². The van der Waals surface area contributed by atoms with Crippen LogP contribution in [0.4, 0.5) is 11.4 Å². The lowest BCUT2D eigenvalue weighted by atomic mass is 10.2. The average molecular weight is 415 g/mol. The van der Waals surface area contributed by atoms with Crippen LogP contribution < -0.4 is 14.4 Å². The lowest BCUT2D eigenvalue weighted by molar-refractivity contribution is -0.122. The van der Waals surface area contributed by atoms with Crippen molar-refractivity contribution in [1.82, 2.24) is 0 Å². The summed E-state index contributed by atoms with van der Waals surface area (Å²) in [5.41, 5.74) is 1.69. The molecule has 1 heterocycles. The molecule has 2 aromatic carbocycles. The summed E-state index contributed by atoms with van der Waals surface area (Å²) in [6, 6.07) is 9.72. The summed E-state index contributed by atoms with van der Waals surface area (Å²) in [5, 5.41) is 3.59. The Morgan fingerprint density at radius 3 is 2.62 bits per heavy atom. The number of fused-ring (bicyclic) bond motifs is 1. The van der Waals surface area contributed by atoms with Crippen LogP contribution in [0.25, 0.3) is 0 Å². The van der Waals surface area contributed by atoms with Crippen LogP contribution in [0.5, 0.6) is 5.75 Å². The van der Waals surface area contributed by atoms with E-state index in [1.165, 1.54) is 12.1 Å². The summed E-state index contributed by atoms with van der Waals surface area (Å²) < 4.78 is 31.1. The van der Waals surface area contributed by atoms with Crippen molar-refractivity contribution in [3.05, 3.63) is 52.0 Å². The highest BCUT2D eigenvalue weighted by atomic mass is 35.5. The van der Waals surface area contributed by atoms with Crippen LogP contribution in [0, 0.1) is 6.92 Å². The fraction of sp³-hybridized carbons (Fsp3) is 0.235. The minimum atomic E-state index is -3.61. The molecule has 26 heavy (non-hydrogen) atoms. The normalized spacial score (nSPS) is 16.6. The SMILES string of the molecule is Cc1ccc(NC(=O)C2CN(S(C)(=O)=O)c3cc(Cl)ccc3O2)cc1Cl. The van der Waals surface area contributed by atoms with E-state index in [0.29, 0.717) is 21.4 Å². The van der Waals surface area contributed by atoms with E-state index in [4.69, 9.17) is 27.9 Å². The number of hydrogen-bond donors (Lipinski definition) is 1. The van der Waals surface area contributed by atoms with Gasteiger partial charge in [0, 0.05) is 15.7 Å². The van der Waals surface area contributed by atoms with E-state index in [2.05, 4.69) is 5.32 Å². The number of rotatable bonds is 3. The number of carbonyl (C=O) groups excluding carboxylic acids is 1. The Labute approximate surface area is 161 Å². The molecule has 0 fully saturated rings. The Bertz CT molecular complexity index is 979. The van der Waals surface area contributed by atoms with E-state index in [1.807, 2.05) is 6.92 Å². The van der Waals surface area contributed by atoms with Gasteiger partial charge >= 0.3 is 0 Å². The predicted molar refractivity (Wildman–Crippen MR) is 103 cm³/mol. The van der Waals surface area contributed by atoms with Crippen molar-refractivity contribution in [2.24, 2.45) is 0 Å². The second-order valence-corrected chi connectivity index (χ2v) is 8.72. The first-order chi connectivity index (χ1) is 12.1. The molecule has 1 unspecified atom stereocenters. The molecule has 0 radical (unpaired) electrons. The van der Waals surface area contributed by atoms with Crippen molar-refractivity contribution in [2.45, 2.75) is 13.0 Å². The third kappa shape index (κ3) is 3.90. The largest absolute Gasteiger partial charge is 0.476 e. The van der Waals surface area contributed by atoms with E-state index in [9.17, 15) is 13.2 Å². The Hall–Kier alpha value is -1.96. The van der Waals surface area contributed by atoms with Crippen LogP contribution >= 0.6 is 23.2 Å². The molecule has 6 nitrogen and oxygen atoms in total. The first-order valence-electron chi connectivity index (χ1n) is 7.66. The number of ether oxygens (including phenoxy) is 1. The quantitative estimate of drug-likeness (QED) is 0.833. The third-order valence-corrected chi connectivity index (χ3v) is 5.71. The van der Waals surface area contributed by atoms with E-state index in [1.54, 1.807) is 24.3 Å². The summed E-state index contributed by atoms with van der Waals surface area (Å²) in [6.45, 7) is 1.70. The molecule has 0 bridgehead atoms. The van der Waals surface area contributed by atoms with Gasteiger partial charge in [-0.1, -0.05) is 29.3 Å². The van der Waals surface area contributed by atoms with E-state index in [0.717, 1.165) is 16.1 Å². The van der Waals surface area contributed by atoms with Gasteiger partial charge in [-0.15, -0.1) is 0 Å². The van der Waals surface area contributed by atoms with Crippen molar-refractivity contribution in [3.8, 4) is 5.75 Å². The lowest BCUT2D eigenvalue weighted by Gasteiger charge is -2.34. The minimum absolute atomic E-state index is 0.155. The minimum Gasteiger partial charge on any atom is -0.476 e. The molecular formula is C17H16Cl2N2O4S. The third-order valence-electron chi connectivity index (χ3n) is 3.92. The van der Waals surface area contributed by atoms with Crippen LogP contribution in [0.2, 0.25) is 10.0 Å². The molecule has 1 N–H and O–H groups in total. The first kappa shape index (κ1) is 18.8. The number of halogens is 2. The number of nitrogens with zero attached hydrogens (tertiary/aromatic N) is 1. The van der Waals surface area contributed by atoms with Gasteiger partial charge < -0.3 is 10.1 Å². The second-order valence-electron chi connectivity index (χ2n) is 5.97. The van der Waals surface area contributed by atoms with Gasteiger partial charge in [0.2, 0.25) is 10.0 Å². The molecule has 1 aliphatic heterocycles. The van der Waals surface area contributed by atoms with E-state index >= 15 is 0 Å². The zero-order chi connectivity index (χ0) is 19.1. The van der Waals surface area contributed by atoms with Crippen LogP contribution in [0.15, 0.2) is 36.4 Å². The fourth-order valence-corrected chi connectivity index (χ4v) is 3.82. The van der Waals surface area contributed by atoms with Crippen LogP contribution in [-0.2, 0) is 14.8 Å². The summed E-state index contributed by atoms with van der Waals surface area (Å²) in [6.07, 6.45) is 0.0519. The van der Waals surface area contributed by atoms with Crippen molar-refractivity contribution in [1.29, 1.82) is 0 Å². The topological polar surface area (TPSA) is 75.7 Å². The predicted octanol–water partition coefficient (Wildman–Crippen LogP) is 3.47. The molecule has 138 valence electrons. The maximum atomic E-state index is 12.6. The number of aryl methyl sites for hydroxylation is 1. The van der Waals surface area contributed by atoms with Gasteiger partial charge in [0.15, 0.2) is 6.10 Å². The van der Waals surface area contributed by atoms with Crippen molar-refractivity contribution < 1.29 is 17.9 Å². The molecule has 1 atom stereocenters. The van der Waals surface area contributed by atoms with Gasteiger partial charge in [0.1, 0.15) is 5.75 Å². The molecule has 0 saturated carbocycles. The summed E-state index contributed by atoms with van der Waals surface area (Å²) in [5.74, 6) is -0.202. The zero-order valence-corrected chi connectivity index (χ0v) is 16.3. The summed E-state index contributed by atoms with van der Waals surface area (Å²) >= 11 is 12.0. The van der Waals surface area contributed by atoms with E-state index < -0.39 is 22.0 Å². The van der Waals surface area contributed by atoms with Gasteiger partial charge in [-0.2, -0.15) is 0 Å². The molecule has 0 spiro atoms. The van der Waals surface area contributed by atoms with Crippen molar-refractivity contribution in [2.75, 3.05) is 22.4 Å². The Morgan fingerprint density at radius 2 is 1.96 bits per heavy atom. The van der Waals surface area contributed by atoms with Crippen LogP contribution in [0.3, 0.4) is 0 Å². The second kappa shape index (κ2) is 6.98. The number of sulfonamides is 1. The van der Waals surface area contributed by atoms with E-state index in [-0.39, 0.29) is 12.3 Å². The van der Waals surface area contributed by atoms with Crippen LogP contribution in [-0.4, -0.2) is 33.2 Å². The van der Waals surface area contributed by atoms with Gasteiger partial charge in [-0.3, -0.25) is 9.10 Å². The van der Waals surface area contributed by atoms with Gasteiger partial charge in [-0.25, -0.2) is 8.42 Å². The molecular weight excluding hydrogens is 399 g/mol. The summed E-state index contributed by atoms with van der Waals surface area (Å²) in [7, 11) is -3.61. The first-order valence-corrected chi connectivity index (χ1v) is 10.3. The number of amides is 1. The smallest absolute Gasteiger partial charge is 0.267 e. The van der Waals surface area contributed by atoms with Gasteiger partial charge in [0.25, 0.3) is 5.91 Å². The molecule has 0 aromatic heterocycles. The number of benzene rings is 2. The number of anilines is 2. The highest BCUT2D eigenvalue weighted by molar-refractivity contribution is 7.92. The summed E-state index contributed by atoms with van der Waals surface area (Å²) in [4.78, 5) is 12.6. The lowest BCUT2D eigenvalue weighted by Crippen LogP contribution is -2.48. The van der Waals surface area contributed by atoms with Gasteiger partial charge in [0.05, 0.1) is 18.5 Å². The highest BCUT2D eigenvalue weighted by Gasteiger charge is 2.35. The molecule has 1 amide bonds. The molecule has 9 heteroatoms.